The first-order valence-electron chi connectivity index (χ1n) is 10.6. The average molecular weight is 443 g/mol. The van der Waals surface area contributed by atoms with Crippen LogP contribution in [-0.2, 0) is 17.7 Å². The molecular formula is C23H30N4O3S. The summed E-state index contributed by atoms with van der Waals surface area (Å²) in [6.45, 7) is 9.21. The standard InChI is InChI=1S/C23H30N4O3S/c1-15-16(2)31-23-21(15)22(25-20(26-23)14-27-9-11-30-12-10-27)24-8-7-17-5-6-18(28-3)19(13-17)29-4/h5-6,13H,7-12,14H2,1-4H3,(H,24,25,26). The first-order chi connectivity index (χ1) is 15.1. The van der Waals surface area contributed by atoms with Gasteiger partial charge in [0, 0.05) is 24.5 Å². The molecule has 7 nitrogen and oxygen atoms in total. The van der Waals surface area contributed by atoms with Crippen LogP contribution in [0, 0.1) is 13.8 Å². The predicted molar refractivity (Wildman–Crippen MR) is 125 cm³/mol. The van der Waals surface area contributed by atoms with E-state index in [1.807, 2.05) is 12.1 Å². The number of hydrogen-bond acceptors (Lipinski definition) is 8. The minimum absolute atomic E-state index is 0.744. The van der Waals surface area contributed by atoms with Crippen LogP contribution in [0.4, 0.5) is 5.82 Å². The Morgan fingerprint density at radius 2 is 1.87 bits per heavy atom. The summed E-state index contributed by atoms with van der Waals surface area (Å²) >= 11 is 1.74. The molecule has 0 aliphatic carbocycles. The smallest absolute Gasteiger partial charge is 0.160 e. The van der Waals surface area contributed by atoms with Gasteiger partial charge in [-0.3, -0.25) is 4.90 Å². The lowest BCUT2D eigenvalue weighted by Gasteiger charge is -2.25. The van der Waals surface area contributed by atoms with E-state index in [-0.39, 0.29) is 0 Å². The number of aryl methyl sites for hydroxylation is 2. The highest BCUT2D eigenvalue weighted by Gasteiger charge is 2.17. The molecule has 1 aliphatic rings. The number of ether oxygens (including phenoxy) is 3. The maximum absolute atomic E-state index is 5.47. The molecule has 0 atom stereocenters. The Kier molecular flexibility index (Phi) is 6.89. The number of aromatic nitrogens is 2. The highest BCUT2D eigenvalue weighted by molar-refractivity contribution is 7.18. The Morgan fingerprint density at radius 1 is 1.10 bits per heavy atom. The van der Waals surface area contributed by atoms with Gasteiger partial charge in [-0.25, -0.2) is 9.97 Å². The zero-order valence-electron chi connectivity index (χ0n) is 18.7. The summed E-state index contributed by atoms with van der Waals surface area (Å²) in [5, 5.41) is 4.71. The van der Waals surface area contributed by atoms with E-state index < -0.39 is 0 Å². The van der Waals surface area contributed by atoms with E-state index >= 15 is 0 Å². The van der Waals surface area contributed by atoms with Crippen molar-refractivity contribution in [3.63, 3.8) is 0 Å². The van der Waals surface area contributed by atoms with Crippen LogP contribution in [0.3, 0.4) is 0 Å². The SMILES string of the molecule is COc1ccc(CCNc2nc(CN3CCOCC3)nc3sc(C)c(C)c23)cc1OC. The molecule has 0 spiro atoms. The predicted octanol–water partition coefficient (Wildman–Crippen LogP) is 3.81. The van der Waals surface area contributed by atoms with E-state index in [2.05, 4.69) is 30.1 Å². The van der Waals surface area contributed by atoms with E-state index in [1.165, 1.54) is 16.0 Å². The zero-order valence-corrected chi connectivity index (χ0v) is 19.5. The number of benzene rings is 1. The topological polar surface area (TPSA) is 68.7 Å². The molecule has 1 saturated heterocycles. The second-order valence-corrected chi connectivity index (χ2v) is 8.91. The maximum Gasteiger partial charge on any atom is 0.160 e. The largest absolute Gasteiger partial charge is 0.493 e. The van der Waals surface area contributed by atoms with Crippen molar-refractivity contribution >= 4 is 27.4 Å². The first kappa shape index (κ1) is 21.8. The number of rotatable bonds is 8. The van der Waals surface area contributed by atoms with Gasteiger partial charge in [0.05, 0.1) is 39.4 Å². The van der Waals surface area contributed by atoms with Crippen molar-refractivity contribution in [3.8, 4) is 11.5 Å². The number of fused-ring (bicyclic) bond motifs is 1. The Balaban J connectivity index is 1.52. The molecule has 0 unspecified atom stereocenters. The molecule has 0 amide bonds. The minimum atomic E-state index is 0.744. The molecule has 1 aliphatic heterocycles. The van der Waals surface area contributed by atoms with Crippen molar-refractivity contribution in [1.82, 2.24) is 14.9 Å². The van der Waals surface area contributed by atoms with Gasteiger partial charge in [0.15, 0.2) is 11.5 Å². The molecule has 31 heavy (non-hydrogen) atoms. The summed E-state index contributed by atoms with van der Waals surface area (Å²) in [7, 11) is 3.31. The Bertz CT molecular complexity index is 1050. The molecule has 0 saturated carbocycles. The van der Waals surface area contributed by atoms with Crippen LogP contribution in [0.15, 0.2) is 18.2 Å². The molecule has 1 N–H and O–H groups in total. The van der Waals surface area contributed by atoms with Gasteiger partial charge in [0.25, 0.3) is 0 Å². The fourth-order valence-corrected chi connectivity index (χ4v) is 4.86. The summed E-state index contributed by atoms with van der Waals surface area (Å²) in [5.41, 5.74) is 2.44. The number of thiophene rings is 1. The van der Waals surface area contributed by atoms with Gasteiger partial charge in [0.1, 0.15) is 16.5 Å². The van der Waals surface area contributed by atoms with Crippen molar-refractivity contribution in [2.24, 2.45) is 0 Å². The van der Waals surface area contributed by atoms with E-state index in [9.17, 15) is 0 Å². The van der Waals surface area contributed by atoms with Gasteiger partial charge in [-0.1, -0.05) is 6.07 Å². The van der Waals surface area contributed by atoms with Gasteiger partial charge in [0.2, 0.25) is 0 Å². The lowest BCUT2D eigenvalue weighted by Crippen LogP contribution is -2.36. The molecule has 0 radical (unpaired) electrons. The Hall–Kier alpha value is -2.42. The maximum atomic E-state index is 5.47. The van der Waals surface area contributed by atoms with Gasteiger partial charge in [-0.2, -0.15) is 0 Å². The van der Waals surface area contributed by atoms with Gasteiger partial charge >= 0.3 is 0 Å². The second-order valence-electron chi connectivity index (χ2n) is 7.71. The van der Waals surface area contributed by atoms with Gasteiger partial charge in [-0.15, -0.1) is 11.3 Å². The third kappa shape index (κ3) is 4.92. The summed E-state index contributed by atoms with van der Waals surface area (Å²) in [5.74, 6) is 3.29. The first-order valence-corrected chi connectivity index (χ1v) is 11.4. The third-order valence-electron chi connectivity index (χ3n) is 5.70. The Labute approximate surface area is 187 Å². The van der Waals surface area contributed by atoms with Crippen molar-refractivity contribution in [2.75, 3.05) is 52.4 Å². The molecule has 4 rings (SSSR count). The zero-order chi connectivity index (χ0) is 21.8. The van der Waals surface area contributed by atoms with Crippen LogP contribution in [0.5, 0.6) is 11.5 Å². The summed E-state index contributed by atoms with van der Waals surface area (Å²) in [4.78, 5) is 14.5. The normalized spacial score (nSPS) is 14.7. The van der Waals surface area contributed by atoms with E-state index in [4.69, 9.17) is 24.2 Å². The van der Waals surface area contributed by atoms with Crippen LogP contribution >= 0.6 is 11.3 Å². The molecule has 1 fully saturated rings. The molecule has 3 heterocycles. The molecular weight excluding hydrogens is 412 g/mol. The minimum Gasteiger partial charge on any atom is -0.493 e. The quantitative estimate of drug-likeness (QED) is 0.569. The average Bonchev–Trinajstić information content (AvgIpc) is 3.07. The number of hydrogen-bond donors (Lipinski definition) is 1. The van der Waals surface area contributed by atoms with Gasteiger partial charge < -0.3 is 19.5 Å². The van der Waals surface area contributed by atoms with Crippen molar-refractivity contribution in [2.45, 2.75) is 26.8 Å². The van der Waals surface area contributed by atoms with Crippen LogP contribution in [-0.4, -0.2) is 61.9 Å². The lowest BCUT2D eigenvalue weighted by atomic mass is 10.1. The van der Waals surface area contributed by atoms with E-state index in [1.54, 1.807) is 25.6 Å². The summed E-state index contributed by atoms with van der Waals surface area (Å²) < 4.78 is 16.2. The van der Waals surface area contributed by atoms with Crippen molar-refractivity contribution in [3.05, 3.63) is 40.0 Å². The number of nitrogens with zero attached hydrogens (tertiary/aromatic N) is 3. The molecule has 8 heteroatoms. The van der Waals surface area contributed by atoms with Gasteiger partial charge in [-0.05, 0) is 43.5 Å². The fourth-order valence-electron chi connectivity index (χ4n) is 3.81. The molecule has 1 aromatic carbocycles. The van der Waals surface area contributed by atoms with Crippen LogP contribution in [0.25, 0.3) is 10.2 Å². The molecule has 166 valence electrons. The number of nitrogens with one attached hydrogen (secondary N) is 1. The van der Waals surface area contributed by atoms with Crippen molar-refractivity contribution < 1.29 is 14.2 Å². The second kappa shape index (κ2) is 9.80. The van der Waals surface area contributed by atoms with Crippen LogP contribution in [0.1, 0.15) is 21.8 Å². The van der Waals surface area contributed by atoms with Crippen molar-refractivity contribution in [1.29, 1.82) is 0 Å². The third-order valence-corrected chi connectivity index (χ3v) is 6.80. The number of morpholine rings is 1. The van der Waals surface area contributed by atoms with E-state index in [0.29, 0.717) is 0 Å². The molecule has 0 bridgehead atoms. The Morgan fingerprint density at radius 3 is 2.61 bits per heavy atom. The van der Waals surface area contributed by atoms with E-state index in [0.717, 1.165) is 79.2 Å². The highest BCUT2D eigenvalue weighted by Crippen LogP contribution is 2.33. The monoisotopic (exact) mass is 442 g/mol. The molecule has 2 aromatic heterocycles. The molecule has 3 aromatic rings. The summed E-state index contributed by atoms with van der Waals surface area (Å²) in [6, 6.07) is 6.05. The number of anilines is 1. The van der Waals surface area contributed by atoms with Crippen LogP contribution in [0.2, 0.25) is 0 Å². The summed E-state index contributed by atoms with van der Waals surface area (Å²) in [6.07, 6.45) is 0.854. The number of methoxy groups -OCH3 is 2. The fraction of sp³-hybridized carbons (Fsp3) is 0.478. The highest BCUT2D eigenvalue weighted by atomic mass is 32.1. The lowest BCUT2D eigenvalue weighted by molar-refractivity contribution is 0.0331. The van der Waals surface area contributed by atoms with Crippen LogP contribution < -0.4 is 14.8 Å².